The van der Waals surface area contributed by atoms with Gasteiger partial charge in [0.05, 0.1) is 18.7 Å². The van der Waals surface area contributed by atoms with Gasteiger partial charge in [0.1, 0.15) is 0 Å². The summed E-state index contributed by atoms with van der Waals surface area (Å²) in [5, 5.41) is 6.28. The van der Waals surface area contributed by atoms with Crippen LogP contribution in [0, 0.1) is 5.92 Å². The number of hydrogen-bond acceptors (Lipinski definition) is 4. The average Bonchev–Trinajstić information content (AvgIpc) is 2.29. The van der Waals surface area contributed by atoms with Crippen molar-refractivity contribution in [2.24, 2.45) is 5.92 Å². The van der Waals surface area contributed by atoms with Crippen LogP contribution in [0.1, 0.15) is 13.8 Å². The molecule has 1 aliphatic heterocycles. The van der Waals surface area contributed by atoms with Crippen molar-refractivity contribution in [2.45, 2.75) is 25.9 Å². The number of carbonyl (C=O) groups excluding carboxylic acids is 1. The van der Waals surface area contributed by atoms with Crippen LogP contribution in [0.2, 0.25) is 0 Å². The lowest BCUT2D eigenvalue weighted by Crippen LogP contribution is -2.53. The third-order valence-electron chi connectivity index (χ3n) is 2.72. The van der Waals surface area contributed by atoms with E-state index in [0.717, 1.165) is 18.1 Å². The molecule has 1 amide bonds. The van der Waals surface area contributed by atoms with Gasteiger partial charge in [-0.2, -0.15) is 11.8 Å². The van der Waals surface area contributed by atoms with Gasteiger partial charge >= 0.3 is 0 Å². The second kappa shape index (κ2) is 7.14. The normalized spacial score (nSPS) is 23.1. The van der Waals surface area contributed by atoms with Crippen molar-refractivity contribution < 1.29 is 9.53 Å². The standard InChI is InChI=1S/C11H22N2O2S/c1-8(2)9(6-15-3)13-11(14)10-7-16-5-4-12-10/h8-10,12H,4-7H2,1-3H3,(H,13,14). The molecule has 0 aromatic rings. The largest absolute Gasteiger partial charge is 0.383 e. The Morgan fingerprint density at radius 3 is 2.88 bits per heavy atom. The van der Waals surface area contributed by atoms with Crippen molar-refractivity contribution in [3.63, 3.8) is 0 Å². The molecule has 0 aromatic carbocycles. The van der Waals surface area contributed by atoms with Crippen molar-refractivity contribution in [1.29, 1.82) is 0 Å². The first-order valence-corrected chi connectivity index (χ1v) is 6.91. The number of nitrogens with one attached hydrogen (secondary N) is 2. The van der Waals surface area contributed by atoms with Gasteiger partial charge < -0.3 is 15.4 Å². The van der Waals surface area contributed by atoms with Gasteiger partial charge in [-0.25, -0.2) is 0 Å². The maximum absolute atomic E-state index is 11.9. The number of carbonyl (C=O) groups is 1. The van der Waals surface area contributed by atoms with Gasteiger partial charge in [0.2, 0.25) is 5.91 Å². The first kappa shape index (κ1) is 13.8. The minimum absolute atomic E-state index is 0.0446. The van der Waals surface area contributed by atoms with Gasteiger partial charge in [-0.05, 0) is 5.92 Å². The summed E-state index contributed by atoms with van der Waals surface area (Å²) in [5.41, 5.74) is 0. The Morgan fingerprint density at radius 2 is 2.38 bits per heavy atom. The van der Waals surface area contributed by atoms with Gasteiger partial charge in [-0.3, -0.25) is 4.79 Å². The predicted molar refractivity (Wildman–Crippen MR) is 67.8 cm³/mol. The second-order valence-electron chi connectivity index (χ2n) is 4.40. The monoisotopic (exact) mass is 246 g/mol. The lowest BCUT2D eigenvalue weighted by molar-refractivity contribution is -0.124. The fraction of sp³-hybridized carbons (Fsp3) is 0.909. The molecule has 0 radical (unpaired) electrons. The zero-order valence-corrected chi connectivity index (χ0v) is 11.1. The zero-order valence-electron chi connectivity index (χ0n) is 10.3. The van der Waals surface area contributed by atoms with Crippen LogP contribution in [0.4, 0.5) is 0 Å². The van der Waals surface area contributed by atoms with E-state index in [1.54, 1.807) is 7.11 Å². The highest BCUT2D eigenvalue weighted by Gasteiger charge is 2.24. The number of ether oxygens (including phenoxy) is 1. The number of amides is 1. The molecular weight excluding hydrogens is 224 g/mol. The molecule has 0 saturated carbocycles. The first-order chi connectivity index (χ1) is 7.65. The summed E-state index contributed by atoms with van der Waals surface area (Å²) in [7, 11) is 1.66. The molecule has 0 aromatic heterocycles. The summed E-state index contributed by atoms with van der Waals surface area (Å²) in [6.07, 6.45) is 0. The topological polar surface area (TPSA) is 50.4 Å². The molecule has 16 heavy (non-hydrogen) atoms. The molecule has 1 aliphatic rings. The minimum atomic E-state index is -0.0446. The smallest absolute Gasteiger partial charge is 0.238 e. The van der Waals surface area contributed by atoms with Gasteiger partial charge in [0.15, 0.2) is 0 Å². The number of thioether (sulfide) groups is 1. The summed E-state index contributed by atoms with van der Waals surface area (Å²) in [5.74, 6) is 2.45. The molecule has 94 valence electrons. The van der Waals surface area contributed by atoms with Crippen LogP contribution in [-0.2, 0) is 9.53 Å². The third kappa shape index (κ3) is 4.31. The van der Waals surface area contributed by atoms with Crippen molar-refractivity contribution >= 4 is 17.7 Å². The summed E-state index contributed by atoms with van der Waals surface area (Å²) in [6.45, 7) is 5.67. The molecule has 0 bridgehead atoms. The van der Waals surface area contributed by atoms with E-state index in [0.29, 0.717) is 12.5 Å². The molecule has 1 fully saturated rings. The Balaban J connectivity index is 2.40. The lowest BCUT2D eigenvalue weighted by Gasteiger charge is -2.27. The van der Waals surface area contributed by atoms with E-state index >= 15 is 0 Å². The van der Waals surface area contributed by atoms with E-state index in [2.05, 4.69) is 24.5 Å². The molecule has 0 aliphatic carbocycles. The highest BCUT2D eigenvalue weighted by Crippen LogP contribution is 2.09. The van der Waals surface area contributed by atoms with E-state index in [1.807, 2.05) is 11.8 Å². The SMILES string of the molecule is COCC(NC(=O)C1CSCCN1)C(C)C. The van der Waals surface area contributed by atoms with Crippen LogP contribution in [0.25, 0.3) is 0 Å². The molecule has 2 atom stereocenters. The highest BCUT2D eigenvalue weighted by molar-refractivity contribution is 7.99. The van der Waals surface area contributed by atoms with Crippen LogP contribution in [0.15, 0.2) is 0 Å². The molecule has 2 N–H and O–H groups in total. The van der Waals surface area contributed by atoms with Crippen LogP contribution in [0.3, 0.4) is 0 Å². The molecule has 1 rings (SSSR count). The van der Waals surface area contributed by atoms with Crippen LogP contribution in [-0.4, -0.2) is 49.8 Å². The van der Waals surface area contributed by atoms with Crippen LogP contribution < -0.4 is 10.6 Å². The van der Waals surface area contributed by atoms with Gasteiger partial charge in [-0.15, -0.1) is 0 Å². The third-order valence-corrected chi connectivity index (χ3v) is 3.78. The average molecular weight is 246 g/mol. The minimum Gasteiger partial charge on any atom is -0.383 e. The Morgan fingerprint density at radius 1 is 1.62 bits per heavy atom. The summed E-state index contributed by atoms with van der Waals surface area (Å²) >= 11 is 1.83. The maximum atomic E-state index is 11.9. The molecule has 4 nitrogen and oxygen atoms in total. The van der Waals surface area contributed by atoms with Gasteiger partial charge in [-0.1, -0.05) is 13.8 Å². The summed E-state index contributed by atoms with van der Waals surface area (Å²) < 4.78 is 5.11. The van der Waals surface area contributed by atoms with E-state index in [-0.39, 0.29) is 18.0 Å². The van der Waals surface area contributed by atoms with Crippen LogP contribution >= 0.6 is 11.8 Å². The Bertz CT molecular complexity index is 218. The van der Waals surface area contributed by atoms with Gasteiger partial charge in [0, 0.05) is 25.2 Å². The Hall–Kier alpha value is -0.260. The number of rotatable bonds is 5. The molecular formula is C11H22N2O2S. The van der Waals surface area contributed by atoms with Crippen molar-refractivity contribution in [2.75, 3.05) is 31.8 Å². The van der Waals surface area contributed by atoms with E-state index in [1.165, 1.54) is 0 Å². The van der Waals surface area contributed by atoms with Gasteiger partial charge in [0.25, 0.3) is 0 Å². The Labute approximate surface area is 102 Å². The van der Waals surface area contributed by atoms with Crippen molar-refractivity contribution in [3.8, 4) is 0 Å². The Kier molecular flexibility index (Phi) is 6.16. The van der Waals surface area contributed by atoms with Crippen molar-refractivity contribution in [1.82, 2.24) is 10.6 Å². The molecule has 1 saturated heterocycles. The van der Waals surface area contributed by atoms with Crippen LogP contribution in [0.5, 0.6) is 0 Å². The fourth-order valence-electron chi connectivity index (χ4n) is 1.60. The molecule has 2 unspecified atom stereocenters. The molecule has 0 spiro atoms. The number of hydrogen-bond donors (Lipinski definition) is 2. The first-order valence-electron chi connectivity index (χ1n) is 5.75. The molecule has 5 heteroatoms. The quantitative estimate of drug-likeness (QED) is 0.741. The van der Waals surface area contributed by atoms with E-state index in [4.69, 9.17) is 4.74 Å². The lowest BCUT2D eigenvalue weighted by atomic mass is 10.1. The summed E-state index contributed by atoms with van der Waals surface area (Å²) in [6, 6.07) is 0.0584. The zero-order chi connectivity index (χ0) is 12.0. The molecule has 1 heterocycles. The fourth-order valence-corrected chi connectivity index (χ4v) is 2.53. The van der Waals surface area contributed by atoms with E-state index < -0.39 is 0 Å². The second-order valence-corrected chi connectivity index (χ2v) is 5.55. The highest BCUT2D eigenvalue weighted by atomic mass is 32.2. The van der Waals surface area contributed by atoms with E-state index in [9.17, 15) is 4.79 Å². The van der Waals surface area contributed by atoms with Crippen molar-refractivity contribution in [3.05, 3.63) is 0 Å². The summed E-state index contributed by atoms with van der Waals surface area (Å²) in [4.78, 5) is 11.9. The predicted octanol–water partition coefficient (Wildman–Crippen LogP) is 0.479. The number of methoxy groups -OCH3 is 1. The maximum Gasteiger partial charge on any atom is 0.238 e.